The van der Waals surface area contributed by atoms with Crippen molar-refractivity contribution < 1.29 is 9.21 Å². The number of furan rings is 1. The summed E-state index contributed by atoms with van der Waals surface area (Å²) in [5, 5.41) is 5.25. The van der Waals surface area contributed by atoms with E-state index in [1.807, 2.05) is 70.3 Å². The summed E-state index contributed by atoms with van der Waals surface area (Å²) in [7, 11) is 1.84. The zero-order valence-electron chi connectivity index (χ0n) is 16.4. The average molecular weight is 374 g/mol. The highest BCUT2D eigenvalue weighted by Crippen LogP contribution is 2.27. The van der Waals surface area contributed by atoms with Crippen molar-refractivity contribution in [2.75, 3.05) is 4.90 Å². The molecule has 4 aromatic rings. The van der Waals surface area contributed by atoms with Gasteiger partial charge in [0.05, 0.1) is 29.5 Å². The number of aromatic nitrogens is 3. The third kappa shape index (κ3) is 3.17. The summed E-state index contributed by atoms with van der Waals surface area (Å²) in [6.07, 6.45) is 1.62. The Morgan fingerprint density at radius 2 is 1.89 bits per heavy atom. The van der Waals surface area contributed by atoms with Gasteiger partial charge in [-0.15, -0.1) is 0 Å². The summed E-state index contributed by atoms with van der Waals surface area (Å²) in [4.78, 5) is 20.0. The van der Waals surface area contributed by atoms with E-state index in [4.69, 9.17) is 4.42 Å². The zero-order valence-corrected chi connectivity index (χ0v) is 16.4. The molecule has 0 saturated heterocycles. The van der Waals surface area contributed by atoms with Gasteiger partial charge in [-0.05, 0) is 51.1 Å². The van der Waals surface area contributed by atoms with Crippen molar-refractivity contribution in [3.63, 3.8) is 0 Å². The van der Waals surface area contributed by atoms with Gasteiger partial charge in [0.2, 0.25) is 0 Å². The third-order valence-corrected chi connectivity index (χ3v) is 4.81. The number of carbonyl (C=O) groups is 1. The van der Waals surface area contributed by atoms with Crippen LogP contribution in [-0.4, -0.2) is 20.7 Å². The van der Waals surface area contributed by atoms with Gasteiger partial charge in [0.25, 0.3) is 5.91 Å². The summed E-state index contributed by atoms with van der Waals surface area (Å²) in [5.41, 5.74) is 4.83. The van der Waals surface area contributed by atoms with Crippen LogP contribution in [0.3, 0.4) is 0 Å². The lowest BCUT2D eigenvalue weighted by Crippen LogP contribution is -2.30. The maximum Gasteiger partial charge on any atom is 0.259 e. The number of anilines is 1. The Kier molecular flexibility index (Phi) is 4.47. The van der Waals surface area contributed by atoms with Gasteiger partial charge in [-0.2, -0.15) is 5.10 Å². The summed E-state index contributed by atoms with van der Waals surface area (Å²) >= 11 is 0. The molecule has 1 amide bonds. The number of hydrogen-bond acceptors (Lipinski definition) is 4. The molecule has 6 heteroatoms. The van der Waals surface area contributed by atoms with Gasteiger partial charge in [-0.3, -0.25) is 9.48 Å². The Hall–Kier alpha value is -3.41. The maximum absolute atomic E-state index is 13.7. The molecule has 0 aliphatic heterocycles. The summed E-state index contributed by atoms with van der Waals surface area (Å²) in [6, 6.07) is 13.4. The van der Waals surface area contributed by atoms with Crippen LogP contribution in [0.25, 0.3) is 11.0 Å². The first-order valence-electron chi connectivity index (χ1n) is 9.16. The van der Waals surface area contributed by atoms with Crippen molar-refractivity contribution in [1.82, 2.24) is 14.8 Å². The molecule has 0 bridgehead atoms. The maximum atomic E-state index is 13.7. The van der Waals surface area contributed by atoms with Gasteiger partial charge >= 0.3 is 0 Å². The summed E-state index contributed by atoms with van der Waals surface area (Å²) in [5.74, 6) is 0.616. The van der Waals surface area contributed by atoms with Crippen LogP contribution >= 0.6 is 0 Å². The Labute approximate surface area is 163 Å². The van der Waals surface area contributed by atoms with Crippen LogP contribution in [0.15, 0.2) is 53.1 Å². The highest BCUT2D eigenvalue weighted by Gasteiger charge is 2.24. The predicted molar refractivity (Wildman–Crippen MR) is 108 cm³/mol. The van der Waals surface area contributed by atoms with Gasteiger partial charge < -0.3 is 9.32 Å². The monoisotopic (exact) mass is 374 g/mol. The Bertz CT molecular complexity index is 1140. The molecule has 3 aromatic heterocycles. The van der Waals surface area contributed by atoms with E-state index < -0.39 is 0 Å². The van der Waals surface area contributed by atoms with E-state index in [1.54, 1.807) is 15.8 Å². The van der Waals surface area contributed by atoms with Crippen LogP contribution in [0, 0.1) is 20.8 Å². The molecule has 0 radical (unpaired) electrons. The molecule has 6 nitrogen and oxygen atoms in total. The number of fused-ring (bicyclic) bond motifs is 1. The van der Waals surface area contributed by atoms with Crippen molar-refractivity contribution in [1.29, 1.82) is 0 Å². The summed E-state index contributed by atoms with van der Waals surface area (Å²) < 4.78 is 7.23. The smallest absolute Gasteiger partial charge is 0.259 e. The number of rotatable bonds is 4. The lowest BCUT2D eigenvalue weighted by atomic mass is 10.1. The predicted octanol–water partition coefficient (Wildman–Crippen LogP) is 4.33. The topological polar surface area (TPSA) is 64.2 Å². The highest BCUT2D eigenvalue weighted by atomic mass is 16.3. The van der Waals surface area contributed by atoms with Gasteiger partial charge in [-0.25, -0.2) is 4.98 Å². The largest absolute Gasteiger partial charge is 0.467 e. The number of aryl methyl sites for hydroxylation is 4. The van der Waals surface area contributed by atoms with Gasteiger partial charge in [0.15, 0.2) is 5.65 Å². The Morgan fingerprint density at radius 1 is 1.14 bits per heavy atom. The number of hydrogen-bond donors (Lipinski definition) is 0. The first-order valence-corrected chi connectivity index (χ1v) is 9.16. The van der Waals surface area contributed by atoms with Crippen LogP contribution in [-0.2, 0) is 13.6 Å². The van der Waals surface area contributed by atoms with Crippen LogP contribution < -0.4 is 4.90 Å². The van der Waals surface area contributed by atoms with Crippen molar-refractivity contribution in [2.24, 2.45) is 7.05 Å². The van der Waals surface area contributed by atoms with Crippen LogP contribution in [0.5, 0.6) is 0 Å². The van der Waals surface area contributed by atoms with E-state index in [0.29, 0.717) is 17.8 Å². The molecule has 0 aliphatic carbocycles. The van der Waals surface area contributed by atoms with Crippen molar-refractivity contribution >= 4 is 22.6 Å². The van der Waals surface area contributed by atoms with Crippen molar-refractivity contribution in [3.8, 4) is 0 Å². The first kappa shape index (κ1) is 18.0. The molecule has 28 heavy (non-hydrogen) atoms. The molecule has 0 N–H and O–H groups in total. The molecule has 0 aliphatic rings. The number of nitrogens with zero attached hydrogens (tertiary/aromatic N) is 4. The van der Waals surface area contributed by atoms with Gasteiger partial charge in [0, 0.05) is 18.4 Å². The van der Waals surface area contributed by atoms with Gasteiger partial charge in [-0.1, -0.05) is 17.7 Å². The molecule has 0 saturated carbocycles. The van der Waals surface area contributed by atoms with E-state index in [0.717, 1.165) is 33.8 Å². The molecule has 0 spiro atoms. The molecule has 1 aromatic carbocycles. The lowest BCUT2D eigenvalue weighted by molar-refractivity contribution is 0.0984. The van der Waals surface area contributed by atoms with Crippen molar-refractivity contribution in [2.45, 2.75) is 27.3 Å². The molecular weight excluding hydrogens is 352 g/mol. The fourth-order valence-electron chi connectivity index (χ4n) is 3.45. The van der Waals surface area contributed by atoms with Gasteiger partial charge in [0.1, 0.15) is 5.76 Å². The second kappa shape index (κ2) is 6.96. The fourth-order valence-corrected chi connectivity index (χ4v) is 3.45. The quantitative estimate of drug-likeness (QED) is 0.533. The average Bonchev–Trinajstić information content (AvgIpc) is 3.28. The first-order chi connectivity index (χ1) is 13.4. The number of pyridine rings is 1. The lowest BCUT2D eigenvalue weighted by Gasteiger charge is -2.23. The molecule has 3 heterocycles. The molecule has 142 valence electrons. The fraction of sp³-hybridized carbons (Fsp3) is 0.227. The molecular formula is C22H22N4O2. The molecule has 0 unspecified atom stereocenters. The van der Waals surface area contributed by atoms with Crippen molar-refractivity contribution in [3.05, 3.63) is 77.0 Å². The van der Waals surface area contributed by atoms with E-state index >= 15 is 0 Å². The Morgan fingerprint density at radius 3 is 2.57 bits per heavy atom. The SMILES string of the molecule is Cc1ccc(N(Cc2ccco2)C(=O)c2cc(C)nc3c2c(C)nn3C)cc1. The van der Waals surface area contributed by atoms with Crippen LogP contribution in [0.2, 0.25) is 0 Å². The van der Waals surface area contributed by atoms with E-state index in [1.165, 1.54) is 0 Å². The second-order valence-corrected chi connectivity index (χ2v) is 7.03. The zero-order chi connectivity index (χ0) is 19.8. The molecule has 4 rings (SSSR count). The van der Waals surface area contributed by atoms with E-state index in [9.17, 15) is 4.79 Å². The minimum Gasteiger partial charge on any atom is -0.467 e. The minimum absolute atomic E-state index is 0.105. The second-order valence-electron chi connectivity index (χ2n) is 7.03. The standard InChI is InChI=1S/C22H22N4O2/c1-14-7-9-17(10-8-14)26(13-18-6-5-11-28-18)22(27)19-12-15(2)23-21-20(19)16(3)24-25(21)4/h5-12H,13H2,1-4H3. The minimum atomic E-state index is -0.105. The van der Waals surface area contributed by atoms with Crippen LogP contribution in [0.4, 0.5) is 5.69 Å². The molecule has 0 atom stereocenters. The number of amides is 1. The third-order valence-electron chi connectivity index (χ3n) is 4.81. The van der Waals surface area contributed by atoms with Crippen LogP contribution in [0.1, 0.15) is 33.1 Å². The summed E-state index contributed by atoms with van der Waals surface area (Å²) in [6.45, 7) is 6.16. The number of benzene rings is 1. The van der Waals surface area contributed by atoms with E-state index in [2.05, 4.69) is 10.1 Å². The normalized spacial score (nSPS) is 11.1. The highest BCUT2D eigenvalue weighted by molar-refractivity contribution is 6.13. The Balaban J connectivity index is 1.86. The number of carbonyl (C=O) groups excluding carboxylic acids is 1. The molecule has 0 fully saturated rings. The van der Waals surface area contributed by atoms with E-state index in [-0.39, 0.29) is 5.91 Å².